The summed E-state index contributed by atoms with van der Waals surface area (Å²) in [7, 11) is 0. The van der Waals surface area contributed by atoms with Crippen LogP contribution in [0.1, 0.15) is 30.5 Å². The first-order valence-electron chi connectivity index (χ1n) is 12.2. The Morgan fingerprint density at radius 2 is 1.61 bits per heavy atom. The van der Waals surface area contributed by atoms with Crippen molar-refractivity contribution in [2.75, 3.05) is 0 Å². The average Bonchev–Trinajstić information content (AvgIpc) is 3.38. The molecule has 3 nitrogen and oxygen atoms in total. The van der Waals surface area contributed by atoms with E-state index < -0.39 is 0 Å². The van der Waals surface area contributed by atoms with Crippen molar-refractivity contribution in [3.05, 3.63) is 120 Å². The number of nitrogens with zero attached hydrogens (tertiary/aromatic N) is 3. The lowest BCUT2D eigenvalue weighted by atomic mass is 9.80. The summed E-state index contributed by atoms with van der Waals surface area (Å²) in [6.07, 6.45) is 3.37. The summed E-state index contributed by atoms with van der Waals surface area (Å²) < 4.78 is 2.36. The maximum absolute atomic E-state index is 9.63. The quantitative estimate of drug-likeness (QED) is 0.262. The molecule has 6 aromatic rings. The minimum Gasteiger partial charge on any atom is -0.309 e. The first-order valence-corrected chi connectivity index (χ1v) is 12.2. The Bertz CT molecular complexity index is 1880. The Kier molecular flexibility index (Phi) is 4.25. The van der Waals surface area contributed by atoms with Crippen LogP contribution in [0.2, 0.25) is 0 Å². The Labute approximate surface area is 209 Å². The number of pyridine rings is 1. The number of nitriles is 1. The van der Waals surface area contributed by atoms with Crippen molar-refractivity contribution in [3.8, 4) is 34.0 Å². The van der Waals surface area contributed by atoms with Crippen molar-refractivity contribution in [1.29, 1.82) is 5.26 Å². The first-order chi connectivity index (χ1) is 17.6. The lowest BCUT2D eigenvalue weighted by Gasteiger charge is -2.22. The van der Waals surface area contributed by atoms with Crippen LogP contribution in [0.4, 0.5) is 0 Å². The van der Waals surface area contributed by atoms with Gasteiger partial charge in [0.25, 0.3) is 0 Å². The van der Waals surface area contributed by atoms with Crippen molar-refractivity contribution in [1.82, 2.24) is 9.55 Å². The van der Waals surface area contributed by atoms with Crippen LogP contribution >= 0.6 is 0 Å². The molecule has 2 heterocycles. The van der Waals surface area contributed by atoms with Gasteiger partial charge >= 0.3 is 0 Å². The fourth-order valence-electron chi connectivity index (χ4n) is 6.16. The van der Waals surface area contributed by atoms with Gasteiger partial charge in [-0.3, -0.25) is 4.98 Å². The zero-order valence-electron chi connectivity index (χ0n) is 20.2. The van der Waals surface area contributed by atoms with Gasteiger partial charge in [0.1, 0.15) is 6.07 Å². The zero-order chi connectivity index (χ0) is 24.4. The third-order valence-electron chi connectivity index (χ3n) is 7.71. The van der Waals surface area contributed by atoms with Gasteiger partial charge in [0.2, 0.25) is 0 Å². The second-order valence-electron chi connectivity index (χ2n) is 9.99. The number of hydrogen-bond acceptors (Lipinski definition) is 2. The number of para-hydroxylation sites is 1. The molecule has 1 aliphatic rings. The van der Waals surface area contributed by atoms with Gasteiger partial charge in [-0.2, -0.15) is 5.26 Å². The predicted molar refractivity (Wildman–Crippen MR) is 146 cm³/mol. The molecule has 0 atom stereocenters. The summed E-state index contributed by atoms with van der Waals surface area (Å²) in [5.74, 6) is 0. The maximum atomic E-state index is 9.63. The van der Waals surface area contributed by atoms with Gasteiger partial charge in [-0.15, -0.1) is 0 Å². The second kappa shape index (κ2) is 7.41. The second-order valence-corrected chi connectivity index (χ2v) is 9.99. The summed E-state index contributed by atoms with van der Waals surface area (Å²) in [5.41, 5.74) is 11.3. The average molecular weight is 462 g/mol. The van der Waals surface area contributed by atoms with Crippen molar-refractivity contribution < 1.29 is 0 Å². The van der Waals surface area contributed by atoms with Crippen molar-refractivity contribution in [3.63, 3.8) is 0 Å². The molecule has 0 saturated carbocycles. The molecule has 0 N–H and O–H groups in total. The van der Waals surface area contributed by atoms with E-state index in [0.717, 1.165) is 16.8 Å². The summed E-state index contributed by atoms with van der Waals surface area (Å²) in [5, 5.41) is 12.2. The Hall–Kier alpha value is -4.68. The SMILES string of the molecule is CC1(C)c2ccccc2-c2ccc3c(c21)c1ccccc1n3-c1cccc(-c2ccncc2C#N)c1. The van der Waals surface area contributed by atoms with Crippen LogP contribution in [0.5, 0.6) is 0 Å². The molecular weight excluding hydrogens is 438 g/mol. The Morgan fingerprint density at radius 1 is 0.778 bits per heavy atom. The molecule has 0 unspecified atom stereocenters. The van der Waals surface area contributed by atoms with E-state index in [1.807, 2.05) is 6.07 Å². The highest BCUT2D eigenvalue weighted by molar-refractivity contribution is 6.14. The summed E-state index contributed by atoms with van der Waals surface area (Å²) >= 11 is 0. The number of aromatic nitrogens is 2. The zero-order valence-corrected chi connectivity index (χ0v) is 20.2. The molecular formula is C33H23N3. The number of rotatable bonds is 2. The number of benzene rings is 4. The van der Waals surface area contributed by atoms with Crippen molar-refractivity contribution >= 4 is 21.8 Å². The van der Waals surface area contributed by atoms with E-state index in [9.17, 15) is 5.26 Å². The highest BCUT2D eigenvalue weighted by Gasteiger charge is 2.37. The van der Waals surface area contributed by atoms with Gasteiger partial charge in [0.15, 0.2) is 0 Å². The molecule has 0 fully saturated rings. The molecule has 1 aliphatic carbocycles. The minimum atomic E-state index is -0.0963. The van der Waals surface area contributed by atoms with E-state index >= 15 is 0 Å². The third kappa shape index (κ3) is 2.70. The lowest BCUT2D eigenvalue weighted by molar-refractivity contribution is 0.666. The van der Waals surface area contributed by atoms with Crippen LogP contribution in [0.3, 0.4) is 0 Å². The van der Waals surface area contributed by atoms with Crippen molar-refractivity contribution in [2.45, 2.75) is 19.3 Å². The molecule has 0 radical (unpaired) electrons. The molecule has 3 heteroatoms. The van der Waals surface area contributed by atoms with Crippen molar-refractivity contribution in [2.24, 2.45) is 0 Å². The van der Waals surface area contributed by atoms with Gasteiger partial charge in [-0.25, -0.2) is 0 Å². The highest BCUT2D eigenvalue weighted by atomic mass is 15.0. The molecule has 4 aromatic carbocycles. The smallest absolute Gasteiger partial charge is 0.101 e. The summed E-state index contributed by atoms with van der Waals surface area (Å²) in [4.78, 5) is 4.13. The number of hydrogen-bond donors (Lipinski definition) is 0. The van der Waals surface area contributed by atoms with Gasteiger partial charge in [-0.1, -0.05) is 74.5 Å². The summed E-state index contributed by atoms with van der Waals surface area (Å²) in [6, 6.07) is 34.7. The minimum absolute atomic E-state index is 0.0963. The molecule has 0 bridgehead atoms. The largest absolute Gasteiger partial charge is 0.309 e. The van der Waals surface area contributed by atoms with E-state index in [1.54, 1.807) is 12.4 Å². The first kappa shape index (κ1) is 20.7. The van der Waals surface area contributed by atoms with E-state index in [-0.39, 0.29) is 5.41 Å². The van der Waals surface area contributed by atoms with E-state index in [1.165, 1.54) is 44.1 Å². The van der Waals surface area contributed by atoms with Gasteiger partial charge in [-0.05, 0) is 58.1 Å². The Morgan fingerprint density at radius 3 is 2.50 bits per heavy atom. The molecule has 0 spiro atoms. The topological polar surface area (TPSA) is 41.6 Å². The molecule has 2 aromatic heterocycles. The number of fused-ring (bicyclic) bond motifs is 7. The predicted octanol–water partition coefficient (Wildman–Crippen LogP) is 8.02. The fourth-order valence-corrected chi connectivity index (χ4v) is 6.16. The van der Waals surface area contributed by atoms with Crippen LogP contribution in [0, 0.1) is 11.3 Å². The van der Waals surface area contributed by atoms with Crippen LogP contribution in [-0.4, -0.2) is 9.55 Å². The maximum Gasteiger partial charge on any atom is 0.101 e. The lowest BCUT2D eigenvalue weighted by Crippen LogP contribution is -2.15. The van der Waals surface area contributed by atoms with Crippen LogP contribution < -0.4 is 0 Å². The van der Waals surface area contributed by atoms with Crippen LogP contribution in [0.15, 0.2) is 103 Å². The standard InChI is InChI=1S/C33H23N3/c1-33(2)28-12-5-3-10-25(28)26-14-15-30-31(32(26)33)27-11-4-6-13-29(27)36(30)23-9-7-8-21(18-23)24-16-17-35-20-22(24)19-34/h3-18,20H,1-2H3. The Balaban J connectivity index is 1.55. The normalized spacial score (nSPS) is 13.5. The van der Waals surface area contributed by atoms with Crippen LogP contribution in [0.25, 0.3) is 49.7 Å². The van der Waals surface area contributed by atoms with Gasteiger partial charge in [0.05, 0.1) is 16.6 Å². The molecule has 0 aliphatic heterocycles. The molecule has 0 saturated heterocycles. The monoisotopic (exact) mass is 461 g/mol. The van der Waals surface area contributed by atoms with E-state index in [0.29, 0.717) is 5.56 Å². The fraction of sp³-hybridized carbons (Fsp3) is 0.0909. The molecule has 170 valence electrons. The molecule has 0 amide bonds. The van der Waals surface area contributed by atoms with Gasteiger partial charge in [0, 0.05) is 39.8 Å². The van der Waals surface area contributed by atoms with Crippen LogP contribution in [-0.2, 0) is 5.41 Å². The molecule has 7 rings (SSSR count). The van der Waals surface area contributed by atoms with E-state index in [4.69, 9.17) is 0 Å². The molecule has 36 heavy (non-hydrogen) atoms. The van der Waals surface area contributed by atoms with E-state index in [2.05, 4.69) is 114 Å². The third-order valence-corrected chi connectivity index (χ3v) is 7.71. The highest BCUT2D eigenvalue weighted by Crippen LogP contribution is 2.53. The van der Waals surface area contributed by atoms with Gasteiger partial charge < -0.3 is 4.57 Å². The summed E-state index contributed by atoms with van der Waals surface area (Å²) in [6.45, 7) is 4.69.